The van der Waals surface area contributed by atoms with Crippen LogP contribution in [0.25, 0.3) is 11.0 Å². The molecule has 1 N–H and O–H groups in total. The molecule has 102 valence electrons. The van der Waals surface area contributed by atoms with Gasteiger partial charge in [0.1, 0.15) is 16.9 Å². The fraction of sp³-hybridized carbons (Fsp3) is 0.0769. The molecule has 0 bridgehead atoms. The van der Waals surface area contributed by atoms with Crippen molar-refractivity contribution < 1.29 is 4.39 Å². The standard InChI is InChI=1S/C13H8BrClFN3S/c14-8-1-3-10(16)7(5-8)6-17-12-9(15)2-4-11-13(12)19-20-18-11/h1-5,17H,6H2. The van der Waals surface area contributed by atoms with Crippen LogP contribution < -0.4 is 5.32 Å². The normalized spacial score (nSPS) is 10.9. The molecule has 0 saturated heterocycles. The van der Waals surface area contributed by atoms with Crippen molar-refractivity contribution in [3.63, 3.8) is 0 Å². The monoisotopic (exact) mass is 371 g/mol. The zero-order valence-electron chi connectivity index (χ0n) is 10.0. The minimum absolute atomic E-state index is 0.264. The Morgan fingerprint density at radius 2 is 2.10 bits per heavy atom. The number of aromatic nitrogens is 2. The van der Waals surface area contributed by atoms with Gasteiger partial charge < -0.3 is 5.32 Å². The number of fused-ring (bicyclic) bond motifs is 1. The molecule has 0 aliphatic carbocycles. The molecule has 0 aliphatic heterocycles. The second kappa shape index (κ2) is 5.63. The average molecular weight is 373 g/mol. The SMILES string of the molecule is Fc1ccc(Br)cc1CNc1c(Cl)ccc2nsnc12. The van der Waals surface area contributed by atoms with E-state index < -0.39 is 0 Å². The minimum atomic E-state index is -0.264. The number of benzene rings is 2. The fourth-order valence-electron chi connectivity index (χ4n) is 1.86. The molecule has 3 rings (SSSR count). The van der Waals surface area contributed by atoms with Crippen molar-refractivity contribution in [1.29, 1.82) is 0 Å². The summed E-state index contributed by atoms with van der Waals surface area (Å²) < 4.78 is 22.9. The van der Waals surface area contributed by atoms with Crippen molar-refractivity contribution in [2.75, 3.05) is 5.32 Å². The highest BCUT2D eigenvalue weighted by molar-refractivity contribution is 9.10. The van der Waals surface area contributed by atoms with Gasteiger partial charge in [-0.05, 0) is 30.3 Å². The lowest BCUT2D eigenvalue weighted by Crippen LogP contribution is -2.03. The smallest absolute Gasteiger partial charge is 0.129 e. The molecule has 0 amide bonds. The molecule has 1 aromatic heterocycles. The van der Waals surface area contributed by atoms with Gasteiger partial charge in [-0.15, -0.1) is 0 Å². The van der Waals surface area contributed by atoms with E-state index in [0.717, 1.165) is 21.7 Å². The molecule has 0 aliphatic rings. The van der Waals surface area contributed by atoms with Crippen molar-refractivity contribution in [2.24, 2.45) is 0 Å². The molecular weight excluding hydrogens is 365 g/mol. The van der Waals surface area contributed by atoms with E-state index in [-0.39, 0.29) is 5.82 Å². The van der Waals surface area contributed by atoms with E-state index in [9.17, 15) is 4.39 Å². The zero-order valence-corrected chi connectivity index (χ0v) is 13.2. The quantitative estimate of drug-likeness (QED) is 0.713. The Morgan fingerprint density at radius 3 is 2.95 bits per heavy atom. The van der Waals surface area contributed by atoms with Crippen molar-refractivity contribution in [2.45, 2.75) is 6.54 Å². The first-order valence-corrected chi connectivity index (χ1v) is 7.64. The van der Waals surface area contributed by atoms with Crippen LogP contribution in [-0.2, 0) is 6.54 Å². The third-order valence-corrected chi connectivity index (χ3v) is 4.19. The van der Waals surface area contributed by atoms with Crippen LogP contribution in [0.1, 0.15) is 5.56 Å². The van der Waals surface area contributed by atoms with Crippen LogP contribution in [0, 0.1) is 5.82 Å². The molecule has 0 atom stereocenters. The van der Waals surface area contributed by atoms with Gasteiger partial charge in [-0.25, -0.2) is 4.39 Å². The Labute approximate surface area is 132 Å². The lowest BCUT2D eigenvalue weighted by Gasteiger charge is -2.10. The Kier molecular flexibility index (Phi) is 3.87. The average Bonchev–Trinajstić information content (AvgIpc) is 2.90. The number of hydrogen-bond donors (Lipinski definition) is 1. The van der Waals surface area contributed by atoms with Crippen molar-refractivity contribution in [3.05, 3.63) is 51.2 Å². The van der Waals surface area contributed by atoms with E-state index in [2.05, 4.69) is 30.0 Å². The molecule has 1 heterocycles. The highest BCUT2D eigenvalue weighted by Gasteiger charge is 2.10. The van der Waals surface area contributed by atoms with Crippen molar-refractivity contribution >= 4 is 56.0 Å². The summed E-state index contributed by atoms with van der Waals surface area (Å²) in [6.07, 6.45) is 0. The number of hydrogen-bond acceptors (Lipinski definition) is 4. The third-order valence-electron chi connectivity index (χ3n) is 2.84. The van der Waals surface area contributed by atoms with Crippen LogP contribution in [0.5, 0.6) is 0 Å². The van der Waals surface area contributed by atoms with E-state index in [1.807, 2.05) is 6.07 Å². The van der Waals surface area contributed by atoms with Crippen LogP contribution in [0.4, 0.5) is 10.1 Å². The van der Waals surface area contributed by atoms with Crippen LogP contribution in [0.15, 0.2) is 34.8 Å². The van der Waals surface area contributed by atoms with Crippen molar-refractivity contribution in [1.82, 2.24) is 8.75 Å². The van der Waals surface area contributed by atoms with Gasteiger partial charge in [-0.2, -0.15) is 8.75 Å². The summed E-state index contributed by atoms with van der Waals surface area (Å²) in [6.45, 7) is 0.321. The number of halogens is 3. The van der Waals surface area contributed by atoms with Crippen molar-refractivity contribution in [3.8, 4) is 0 Å². The van der Waals surface area contributed by atoms with Crippen LogP contribution in [0.3, 0.4) is 0 Å². The lowest BCUT2D eigenvalue weighted by molar-refractivity contribution is 0.612. The maximum Gasteiger partial charge on any atom is 0.129 e. The highest BCUT2D eigenvalue weighted by atomic mass is 79.9. The van der Waals surface area contributed by atoms with E-state index in [1.54, 1.807) is 18.2 Å². The number of rotatable bonds is 3. The molecule has 7 heteroatoms. The fourth-order valence-corrected chi connectivity index (χ4v) is 3.03. The topological polar surface area (TPSA) is 37.8 Å². The predicted octanol–water partition coefficient (Wildman–Crippen LogP) is 4.86. The number of nitrogens with zero attached hydrogens (tertiary/aromatic N) is 2. The Bertz CT molecular complexity index is 777. The summed E-state index contributed by atoms with van der Waals surface area (Å²) in [5.41, 5.74) is 2.71. The minimum Gasteiger partial charge on any atom is -0.378 e. The number of nitrogens with one attached hydrogen (secondary N) is 1. The van der Waals surface area contributed by atoms with Gasteiger partial charge in [0.15, 0.2) is 0 Å². The largest absolute Gasteiger partial charge is 0.378 e. The second-order valence-corrected chi connectivity index (χ2v) is 5.99. The summed E-state index contributed by atoms with van der Waals surface area (Å²) in [5.74, 6) is -0.264. The van der Waals surface area contributed by atoms with Gasteiger partial charge in [0.2, 0.25) is 0 Å². The Balaban J connectivity index is 1.92. The molecule has 0 fully saturated rings. The van der Waals surface area contributed by atoms with Gasteiger partial charge in [0.05, 0.1) is 22.4 Å². The van der Waals surface area contributed by atoms with Crippen LogP contribution in [-0.4, -0.2) is 8.75 Å². The number of anilines is 1. The maximum atomic E-state index is 13.7. The summed E-state index contributed by atoms with van der Waals surface area (Å²) >= 11 is 10.6. The van der Waals surface area contributed by atoms with Gasteiger partial charge in [0.25, 0.3) is 0 Å². The highest BCUT2D eigenvalue weighted by Crippen LogP contribution is 2.30. The Hall–Kier alpha value is -1.24. The zero-order chi connectivity index (χ0) is 14.1. The molecule has 2 aromatic carbocycles. The molecular formula is C13H8BrClFN3S. The molecule has 0 unspecified atom stereocenters. The third kappa shape index (κ3) is 2.63. The maximum absolute atomic E-state index is 13.7. The Morgan fingerprint density at radius 1 is 1.25 bits per heavy atom. The predicted molar refractivity (Wildman–Crippen MR) is 83.9 cm³/mol. The summed E-state index contributed by atoms with van der Waals surface area (Å²) in [5, 5.41) is 3.68. The van der Waals surface area contributed by atoms with Gasteiger partial charge in [-0.3, -0.25) is 0 Å². The summed E-state index contributed by atoms with van der Waals surface area (Å²) in [4.78, 5) is 0. The lowest BCUT2D eigenvalue weighted by atomic mass is 10.2. The molecule has 3 aromatic rings. The summed E-state index contributed by atoms with van der Waals surface area (Å²) in [7, 11) is 0. The van der Waals surface area contributed by atoms with Gasteiger partial charge >= 0.3 is 0 Å². The molecule has 0 saturated carbocycles. The first-order valence-electron chi connectivity index (χ1n) is 5.74. The van der Waals surface area contributed by atoms with Crippen LogP contribution >= 0.6 is 39.3 Å². The van der Waals surface area contributed by atoms with E-state index in [1.165, 1.54) is 6.07 Å². The molecule has 0 spiro atoms. The second-order valence-electron chi connectivity index (χ2n) is 4.14. The first kappa shape index (κ1) is 13.7. The van der Waals surface area contributed by atoms with Crippen LogP contribution in [0.2, 0.25) is 5.02 Å². The first-order chi connectivity index (χ1) is 9.65. The molecule has 3 nitrogen and oxygen atoms in total. The molecule has 0 radical (unpaired) electrons. The van der Waals surface area contributed by atoms with E-state index in [4.69, 9.17) is 11.6 Å². The van der Waals surface area contributed by atoms with Gasteiger partial charge in [-0.1, -0.05) is 27.5 Å². The summed E-state index contributed by atoms with van der Waals surface area (Å²) in [6, 6.07) is 8.39. The van der Waals surface area contributed by atoms with E-state index >= 15 is 0 Å². The van der Waals surface area contributed by atoms with E-state index in [0.29, 0.717) is 28.3 Å². The van der Waals surface area contributed by atoms with Gasteiger partial charge in [0, 0.05) is 16.6 Å². The molecule has 20 heavy (non-hydrogen) atoms.